The molecule has 1 heterocycles. The molecule has 0 spiro atoms. The van der Waals surface area contributed by atoms with Crippen LogP contribution in [0, 0.1) is 0 Å². The summed E-state index contributed by atoms with van der Waals surface area (Å²) in [5.41, 5.74) is 2.49. The van der Waals surface area contributed by atoms with Crippen LogP contribution in [-0.4, -0.2) is 23.2 Å². The number of nitrogens with zero attached hydrogens (tertiary/aromatic N) is 1. The molecular formula is C13H17NO2. The average Bonchev–Trinajstić information content (AvgIpc) is 2.52. The molecule has 3 heteroatoms. The first-order valence-corrected chi connectivity index (χ1v) is 5.66. The molecule has 0 aliphatic carbocycles. The van der Waals surface area contributed by atoms with Crippen LogP contribution in [0.25, 0.3) is 0 Å². The predicted molar refractivity (Wildman–Crippen MR) is 64.2 cm³/mol. The largest absolute Gasteiger partial charge is 0.478 e. The van der Waals surface area contributed by atoms with Crippen molar-refractivity contribution in [2.24, 2.45) is 0 Å². The number of fused-ring (bicyclic) bond motifs is 1. The van der Waals surface area contributed by atoms with Gasteiger partial charge >= 0.3 is 5.97 Å². The van der Waals surface area contributed by atoms with Gasteiger partial charge in [-0.15, -0.1) is 0 Å². The van der Waals surface area contributed by atoms with Gasteiger partial charge in [0.2, 0.25) is 0 Å². The van der Waals surface area contributed by atoms with Gasteiger partial charge in [-0.3, -0.25) is 0 Å². The van der Waals surface area contributed by atoms with E-state index in [9.17, 15) is 9.90 Å². The van der Waals surface area contributed by atoms with Gasteiger partial charge in [0.25, 0.3) is 0 Å². The second-order valence-electron chi connectivity index (χ2n) is 4.67. The Bertz CT molecular complexity index is 426. The van der Waals surface area contributed by atoms with Crippen LogP contribution in [0.4, 0.5) is 5.69 Å². The Balaban J connectivity index is 2.57. The number of hydrogen-bond acceptors (Lipinski definition) is 2. The molecule has 1 aromatic carbocycles. The van der Waals surface area contributed by atoms with E-state index in [4.69, 9.17) is 0 Å². The van der Waals surface area contributed by atoms with Gasteiger partial charge in [-0.05, 0) is 38.8 Å². The highest BCUT2D eigenvalue weighted by atomic mass is 16.4. The molecule has 1 aliphatic rings. The third-order valence-corrected chi connectivity index (χ3v) is 3.15. The lowest BCUT2D eigenvalue weighted by atomic mass is 10.1. The summed E-state index contributed by atoms with van der Waals surface area (Å²) in [7, 11) is 0. The van der Waals surface area contributed by atoms with Crippen LogP contribution in [0.15, 0.2) is 18.2 Å². The zero-order chi connectivity index (χ0) is 11.9. The first kappa shape index (κ1) is 11.0. The van der Waals surface area contributed by atoms with E-state index >= 15 is 0 Å². The number of carboxylic acids is 1. The fourth-order valence-electron chi connectivity index (χ4n) is 2.64. The van der Waals surface area contributed by atoms with E-state index in [1.165, 1.54) is 0 Å². The predicted octanol–water partition coefficient (Wildman–Crippen LogP) is 2.54. The summed E-state index contributed by atoms with van der Waals surface area (Å²) >= 11 is 0. The number of benzene rings is 1. The lowest BCUT2D eigenvalue weighted by Gasteiger charge is -2.30. The summed E-state index contributed by atoms with van der Waals surface area (Å²) in [6.45, 7) is 6.35. The molecule has 86 valence electrons. The Kier molecular flexibility index (Phi) is 2.62. The Labute approximate surface area is 95.7 Å². The van der Waals surface area contributed by atoms with E-state index in [1.54, 1.807) is 6.07 Å². The van der Waals surface area contributed by atoms with Crippen molar-refractivity contribution >= 4 is 11.7 Å². The summed E-state index contributed by atoms with van der Waals surface area (Å²) in [6, 6.07) is 6.26. The SMILES string of the molecule is CC(C)N1c2c(cccc2C(=O)O)CC1C. The maximum absolute atomic E-state index is 11.2. The van der Waals surface area contributed by atoms with E-state index in [0.717, 1.165) is 17.7 Å². The van der Waals surface area contributed by atoms with Crippen LogP contribution in [0.2, 0.25) is 0 Å². The van der Waals surface area contributed by atoms with Crippen LogP contribution >= 0.6 is 0 Å². The lowest BCUT2D eigenvalue weighted by Crippen LogP contribution is -2.36. The first-order chi connectivity index (χ1) is 7.52. The second kappa shape index (κ2) is 3.81. The van der Waals surface area contributed by atoms with Gasteiger partial charge in [0.05, 0.1) is 11.3 Å². The van der Waals surface area contributed by atoms with Gasteiger partial charge in [-0.25, -0.2) is 4.79 Å². The summed E-state index contributed by atoms with van der Waals surface area (Å²) in [6.07, 6.45) is 0.939. The van der Waals surface area contributed by atoms with Crippen molar-refractivity contribution in [1.29, 1.82) is 0 Å². The minimum Gasteiger partial charge on any atom is -0.478 e. The summed E-state index contributed by atoms with van der Waals surface area (Å²) in [5.74, 6) is -0.836. The standard InChI is InChI=1S/C13H17NO2/c1-8(2)14-9(3)7-10-5-4-6-11(12(10)14)13(15)16/h4-6,8-9H,7H2,1-3H3,(H,15,16). The summed E-state index contributed by atoms with van der Waals surface area (Å²) in [4.78, 5) is 13.4. The van der Waals surface area contributed by atoms with Gasteiger partial charge in [-0.1, -0.05) is 12.1 Å². The molecule has 1 aliphatic heterocycles. The number of hydrogen-bond donors (Lipinski definition) is 1. The lowest BCUT2D eigenvalue weighted by molar-refractivity contribution is 0.0697. The van der Waals surface area contributed by atoms with E-state index in [0.29, 0.717) is 17.6 Å². The molecule has 0 saturated carbocycles. The van der Waals surface area contributed by atoms with Crippen LogP contribution in [0.5, 0.6) is 0 Å². The maximum atomic E-state index is 11.2. The molecule has 0 radical (unpaired) electrons. The minimum atomic E-state index is -0.836. The number of anilines is 1. The fourth-order valence-corrected chi connectivity index (χ4v) is 2.64. The van der Waals surface area contributed by atoms with E-state index < -0.39 is 5.97 Å². The van der Waals surface area contributed by atoms with Crippen molar-refractivity contribution in [3.8, 4) is 0 Å². The van der Waals surface area contributed by atoms with E-state index in [-0.39, 0.29) is 0 Å². The topological polar surface area (TPSA) is 40.5 Å². The van der Waals surface area contributed by atoms with Crippen molar-refractivity contribution < 1.29 is 9.90 Å². The second-order valence-corrected chi connectivity index (χ2v) is 4.67. The highest BCUT2D eigenvalue weighted by molar-refractivity contribution is 5.96. The Hall–Kier alpha value is -1.51. The van der Waals surface area contributed by atoms with Crippen LogP contribution < -0.4 is 4.90 Å². The van der Waals surface area contributed by atoms with Crippen molar-refractivity contribution in [3.63, 3.8) is 0 Å². The molecule has 0 saturated heterocycles. The Morgan fingerprint density at radius 2 is 2.19 bits per heavy atom. The molecule has 1 N–H and O–H groups in total. The Morgan fingerprint density at radius 1 is 1.50 bits per heavy atom. The maximum Gasteiger partial charge on any atom is 0.337 e. The number of aromatic carboxylic acids is 1. The molecule has 0 bridgehead atoms. The first-order valence-electron chi connectivity index (χ1n) is 5.66. The zero-order valence-corrected chi connectivity index (χ0v) is 9.90. The quantitative estimate of drug-likeness (QED) is 0.831. The van der Waals surface area contributed by atoms with Crippen molar-refractivity contribution in [2.75, 3.05) is 4.90 Å². The molecule has 16 heavy (non-hydrogen) atoms. The highest BCUT2D eigenvalue weighted by Gasteiger charge is 2.31. The molecule has 0 fully saturated rings. The third kappa shape index (κ3) is 1.56. The molecule has 1 aromatic rings. The van der Waals surface area contributed by atoms with E-state index in [1.807, 2.05) is 12.1 Å². The molecular weight excluding hydrogens is 202 g/mol. The molecule has 2 rings (SSSR count). The highest BCUT2D eigenvalue weighted by Crippen LogP contribution is 2.36. The Morgan fingerprint density at radius 3 is 2.75 bits per heavy atom. The third-order valence-electron chi connectivity index (χ3n) is 3.15. The van der Waals surface area contributed by atoms with Crippen molar-refractivity contribution in [2.45, 2.75) is 39.3 Å². The number of para-hydroxylation sites is 1. The molecule has 1 unspecified atom stereocenters. The van der Waals surface area contributed by atoms with Crippen LogP contribution in [-0.2, 0) is 6.42 Å². The smallest absolute Gasteiger partial charge is 0.337 e. The average molecular weight is 219 g/mol. The van der Waals surface area contributed by atoms with Crippen LogP contribution in [0.1, 0.15) is 36.7 Å². The molecule has 3 nitrogen and oxygen atoms in total. The molecule has 0 aromatic heterocycles. The van der Waals surface area contributed by atoms with Gasteiger partial charge in [0, 0.05) is 12.1 Å². The summed E-state index contributed by atoms with van der Waals surface area (Å²) in [5, 5.41) is 9.21. The van der Waals surface area contributed by atoms with Crippen molar-refractivity contribution in [1.82, 2.24) is 0 Å². The van der Waals surface area contributed by atoms with Gasteiger partial charge in [0.15, 0.2) is 0 Å². The van der Waals surface area contributed by atoms with Gasteiger partial charge < -0.3 is 10.0 Å². The fraction of sp³-hybridized carbons (Fsp3) is 0.462. The van der Waals surface area contributed by atoms with E-state index in [2.05, 4.69) is 25.7 Å². The number of carbonyl (C=O) groups is 1. The van der Waals surface area contributed by atoms with Crippen molar-refractivity contribution in [3.05, 3.63) is 29.3 Å². The molecule has 0 amide bonds. The van der Waals surface area contributed by atoms with Gasteiger partial charge in [0.1, 0.15) is 0 Å². The monoisotopic (exact) mass is 219 g/mol. The van der Waals surface area contributed by atoms with Gasteiger partial charge in [-0.2, -0.15) is 0 Å². The number of carboxylic acid groups (broad SMARTS) is 1. The zero-order valence-electron chi connectivity index (χ0n) is 9.90. The normalized spacial score (nSPS) is 19.0. The molecule has 1 atom stereocenters. The summed E-state index contributed by atoms with van der Waals surface area (Å²) < 4.78 is 0. The number of rotatable bonds is 2. The van der Waals surface area contributed by atoms with Crippen LogP contribution in [0.3, 0.4) is 0 Å². The minimum absolute atomic E-state index is 0.330.